The highest BCUT2D eigenvalue weighted by molar-refractivity contribution is 6.31. The number of anilines is 1. The Morgan fingerprint density at radius 3 is 2.70 bits per heavy atom. The number of rotatable bonds is 5. The molecule has 6 heteroatoms. The Morgan fingerprint density at radius 2 is 1.96 bits per heavy atom. The molecule has 0 aliphatic carbocycles. The molecule has 0 fully saturated rings. The fraction of sp³-hybridized carbons (Fsp3) is 0.235. The smallest absolute Gasteiger partial charge is 0.274 e. The molecule has 1 aromatic carbocycles. The van der Waals surface area contributed by atoms with Gasteiger partial charge in [-0.1, -0.05) is 24.6 Å². The zero-order chi connectivity index (χ0) is 16.8. The number of carbonyl (C=O) groups is 2. The van der Waals surface area contributed by atoms with E-state index in [2.05, 4.69) is 15.6 Å². The van der Waals surface area contributed by atoms with E-state index >= 15 is 0 Å². The van der Waals surface area contributed by atoms with Crippen LogP contribution < -0.4 is 10.6 Å². The van der Waals surface area contributed by atoms with Crippen molar-refractivity contribution in [2.24, 2.45) is 0 Å². The van der Waals surface area contributed by atoms with E-state index in [0.29, 0.717) is 22.8 Å². The fourth-order valence-corrected chi connectivity index (χ4v) is 2.12. The number of hydrogen-bond acceptors (Lipinski definition) is 3. The maximum atomic E-state index is 12.3. The number of hydrogen-bond donors (Lipinski definition) is 2. The summed E-state index contributed by atoms with van der Waals surface area (Å²) in [6, 6.07) is 8.29. The highest BCUT2D eigenvalue weighted by Gasteiger charge is 2.13. The summed E-state index contributed by atoms with van der Waals surface area (Å²) in [6.45, 7) is 4.43. The van der Waals surface area contributed by atoms with Gasteiger partial charge in [-0.3, -0.25) is 14.6 Å². The van der Waals surface area contributed by atoms with E-state index in [1.165, 1.54) is 12.3 Å². The lowest BCUT2D eigenvalue weighted by Gasteiger charge is -2.09. The van der Waals surface area contributed by atoms with Crippen LogP contribution in [0.2, 0.25) is 5.02 Å². The highest BCUT2D eigenvalue weighted by atomic mass is 35.5. The number of halogens is 1. The van der Waals surface area contributed by atoms with Crippen LogP contribution in [0.15, 0.2) is 36.5 Å². The molecule has 5 nitrogen and oxygen atoms in total. The van der Waals surface area contributed by atoms with Crippen LogP contribution in [0.1, 0.15) is 39.8 Å². The maximum absolute atomic E-state index is 12.3. The number of benzene rings is 1. The highest BCUT2D eigenvalue weighted by Crippen LogP contribution is 2.20. The van der Waals surface area contributed by atoms with Crippen molar-refractivity contribution in [3.8, 4) is 0 Å². The fourth-order valence-electron chi connectivity index (χ4n) is 1.95. The summed E-state index contributed by atoms with van der Waals surface area (Å²) in [7, 11) is 0. The van der Waals surface area contributed by atoms with Crippen molar-refractivity contribution in [3.63, 3.8) is 0 Å². The van der Waals surface area contributed by atoms with Crippen LogP contribution in [0.25, 0.3) is 0 Å². The average Bonchev–Trinajstić information content (AvgIpc) is 2.56. The summed E-state index contributed by atoms with van der Waals surface area (Å²) >= 11 is 5.94. The molecule has 0 aliphatic rings. The number of nitrogens with one attached hydrogen (secondary N) is 2. The first-order valence-electron chi connectivity index (χ1n) is 7.33. The van der Waals surface area contributed by atoms with Gasteiger partial charge in [0, 0.05) is 29.0 Å². The van der Waals surface area contributed by atoms with Crippen molar-refractivity contribution in [1.82, 2.24) is 10.3 Å². The molecule has 1 aromatic heterocycles. The minimum atomic E-state index is -0.388. The normalized spacial score (nSPS) is 10.2. The SMILES string of the molecule is CCCNC(=O)c1ccnc(C(=O)Nc2cc(Cl)ccc2C)c1. The van der Waals surface area contributed by atoms with E-state index in [4.69, 9.17) is 11.6 Å². The van der Waals surface area contributed by atoms with Crippen LogP contribution in [-0.2, 0) is 0 Å². The number of aromatic nitrogens is 1. The van der Waals surface area contributed by atoms with Gasteiger partial charge in [-0.15, -0.1) is 0 Å². The molecule has 23 heavy (non-hydrogen) atoms. The molecule has 0 atom stereocenters. The van der Waals surface area contributed by atoms with Gasteiger partial charge in [0.15, 0.2) is 0 Å². The lowest BCUT2D eigenvalue weighted by atomic mass is 10.1. The Bertz CT molecular complexity index is 732. The van der Waals surface area contributed by atoms with Gasteiger partial charge in [0.25, 0.3) is 11.8 Å². The molecule has 2 amide bonds. The number of carbonyl (C=O) groups excluding carboxylic acids is 2. The van der Waals surface area contributed by atoms with Crippen molar-refractivity contribution >= 4 is 29.1 Å². The van der Waals surface area contributed by atoms with Gasteiger partial charge in [0.05, 0.1) is 0 Å². The van der Waals surface area contributed by atoms with Crippen LogP contribution in [0.4, 0.5) is 5.69 Å². The Balaban J connectivity index is 2.16. The number of amides is 2. The molecule has 0 saturated carbocycles. The van der Waals surface area contributed by atoms with Gasteiger partial charge >= 0.3 is 0 Å². The third-order valence-electron chi connectivity index (χ3n) is 3.24. The topological polar surface area (TPSA) is 71.1 Å². The molecule has 1 heterocycles. The number of aryl methyl sites for hydroxylation is 1. The lowest BCUT2D eigenvalue weighted by molar-refractivity contribution is 0.0953. The van der Waals surface area contributed by atoms with Gasteiger partial charge in [0.1, 0.15) is 5.69 Å². The molecule has 0 saturated heterocycles. The molecule has 0 unspecified atom stereocenters. The molecule has 0 bridgehead atoms. The van der Waals surface area contributed by atoms with E-state index in [0.717, 1.165) is 12.0 Å². The Morgan fingerprint density at radius 1 is 1.17 bits per heavy atom. The minimum Gasteiger partial charge on any atom is -0.352 e. The van der Waals surface area contributed by atoms with Crippen LogP contribution in [0.3, 0.4) is 0 Å². The molecule has 2 N–H and O–H groups in total. The van der Waals surface area contributed by atoms with E-state index < -0.39 is 0 Å². The van der Waals surface area contributed by atoms with Crippen molar-refractivity contribution in [3.05, 3.63) is 58.4 Å². The number of nitrogens with zero attached hydrogens (tertiary/aromatic N) is 1. The van der Waals surface area contributed by atoms with Gasteiger partial charge in [-0.2, -0.15) is 0 Å². The Kier molecular flexibility index (Phi) is 5.71. The largest absolute Gasteiger partial charge is 0.352 e. The van der Waals surface area contributed by atoms with Crippen molar-refractivity contribution in [2.75, 3.05) is 11.9 Å². The first kappa shape index (κ1) is 17.0. The van der Waals surface area contributed by atoms with Crippen molar-refractivity contribution < 1.29 is 9.59 Å². The molecule has 0 spiro atoms. The van der Waals surface area contributed by atoms with Gasteiger partial charge in [-0.05, 0) is 43.2 Å². The summed E-state index contributed by atoms with van der Waals surface area (Å²) < 4.78 is 0. The predicted octanol–water partition coefficient (Wildman–Crippen LogP) is 3.44. The third-order valence-corrected chi connectivity index (χ3v) is 3.47. The van der Waals surface area contributed by atoms with Gasteiger partial charge in [0.2, 0.25) is 0 Å². The molecular formula is C17H18ClN3O2. The first-order chi connectivity index (χ1) is 11.0. The van der Waals surface area contributed by atoms with Gasteiger partial charge < -0.3 is 10.6 Å². The Hall–Kier alpha value is -2.40. The van der Waals surface area contributed by atoms with E-state index in [9.17, 15) is 9.59 Å². The molecule has 120 valence electrons. The number of pyridine rings is 1. The molecule has 0 aliphatic heterocycles. The second-order valence-corrected chi connectivity index (χ2v) is 5.54. The van der Waals surface area contributed by atoms with Gasteiger partial charge in [-0.25, -0.2) is 0 Å². The first-order valence-corrected chi connectivity index (χ1v) is 7.71. The quantitative estimate of drug-likeness (QED) is 0.881. The van der Waals surface area contributed by atoms with E-state index in [1.54, 1.807) is 18.2 Å². The molecule has 2 aromatic rings. The molecule has 0 radical (unpaired) electrons. The average molecular weight is 332 g/mol. The van der Waals surface area contributed by atoms with Crippen molar-refractivity contribution in [1.29, 1.82) is 0 Å². The zero-order valence-electron chi connectivity index (χ0n) is 13.0. The van der Waals surface area contributed by atoms with Crippen LogP contribution in [0, 0.1) is 6.92 Å². The van der Waals surface area contributed by atoms with E-state index in [-0.39, 0.29) is 17.5 Å². The summed E-state index contributed by atoms with van der Waals surface area (Å²) in [5, 5.41) is 6.06. The second kappa shape index (κ2) is 7.74. The minimum absolute atomic E-state index is 0.175. The van der Waals surface area contributed by atoms with E-state index in [1.807, 2.05) is 19.9 Å². The zero-order valence-corrected chi connectivity index (χ0v) is 13.8. The summed E-state index contributed by atoms with van der Waals surface area (Å²) in [5.74, 6) is -0.609. The maximum Gasteiger partial charge on any atom is 0.274 e. The summed E-state index contributed by atoms with van der Waals surface area (Å²) in [5.41, 5.74) is 2.08. The molecular weight excluding hydrogens is 314 g/mol. The predicted molar refractivity (Wildman–Crippen MR) is 91.0 cm³/mol. The lowest BCUT2D eigenvalue weighted by Crippen LogP contribution is -2.24. The second-order valence-electron chi connectivity index (χ2n) is 5.10. The van der Waals surface area contributed by atoms with Crippen molar-refractivity contribution in [2.45, 2.75) is 20.3 Å². The summed E-state index contributed by atoms with van der Waals surface area (Å²) in [4.78, 5) is 28.3. The van der Waals surface area contributed by atoms with Crippen LogP contribution in [-0.4, -0.2) is 23.3 Å². The third kappa shape index (κ3) is 4.53. The van der Waals surface area contributed by atoms with Crippen LogP contribution >= 0.6 is 11.6 Å². The monoisotopic (exact) mass is 331 g/mol. The molecule has 2 rings (SSSR count). The standard InChI is InChI=1S/C17H18ClN3O2/c1-3-7-20-16(22)12-6-8-19-15(9-12)17(23)21-14-10-13(18)5-4-11(14)2/h4-6,8-10H,3,7H2,1-2H3,(H,20,22)(H,21,23). The van der Waals surface area contributed by atoms with Crippen LogP contribution in [0.5, 0.6) is 0 Å². The Labute approximate surface area is 140 Å². The summed E-state index contributed by atoms with van der Waals surface area (Å²) in [6.07, 6.45) is 2.29.